The molecule has 2 aromatic rings. The summed E-state index contributed by atoms with van der Waals surface area (Å²) < 4.78 is 1.46. The molecule has 0 spiro atoms. The summed E-state index contributed by atoms with van der Waals surface area (Å²) >= 11 is 0. The summed E-state index contributed by atoms with van der Waals surface area (Å²) in [6.07, 6.45) is 3.86. The van der Waals surface area contributed by atoms with Crippen LogP contribution in [0.1, 0.15) is 31.5 Å². The van der Waals surface area contributed by atoms with Crippen molar-refractivity contribution in [2.45, 2.75) is 39.2 Å². The zero-order valence-electron chi connectivity index (χ0n) is 10.7. The number of aldehydes is 1. The standard InChI is InChI=1S/C12H16N4O3/c1-8-13-9-10(14-8)16(12(19)15-11(9)18)6-4-2-3-5-7-17/h7H,2-6H2,1H3,(H,13,14)(H,15,18,19). The van der Waals surface area contributed by atoms with Gasteiger partial charge in [-0.25, -0.2) is 9.78 Å². The van der Waals surface area contributed by atoms with Crippen molar-refractivity contribution in [2.24, 2.45) is 0 Å². The average Bonchev–Trinajstić information content (AvgIpc) is 2.75. The van der Waals surface area contributed by atoms with E-state index < -0.39 is 11.2 Å². The minimum atomic E-state index is -0.446. The number of imidazole rings is 1. The number of hydrogen-bond donors (Lipinski definition) is 2. The lowest BCUT2D eigenvalue weighted by atomic mass is 10.2. The number of unbranched alkanes of at least 4 members (excludes halogenated alkanes) is 3. The predicted molar refractivity (Wildman–Crippen MR) is 70.2 cm³/mol. The molecule has 0 aliphatic carbocycles. The van der Waals surface area contributed by atoms with E-state index in [2.05, 4.69) is 15.0 Å². The summed E-state index contributed by atoms with van der Waals surface area (Å²) in [6, 6.07) is 0. The van der Waals surface area contributed by atoms with Crippen LogP contribution < -0.4 is 11.2 Å². The highest BCUT2D eigenvalue weighted by molar-refractivity contribution is 5.69. The van der Waals surface area contributed by atoms with Crippen molar-refractivity contribution in [3.8, 4) is 0 Å². The van der Waals surface area contributed by atoms with Crippen molar-refractivity contribution in [3.63, 3.8) is 0 Å². The molecule has 0 aliphatic heterocycles. The van der Waals surface area contributed by atoms with Crippen LogP contribution in [0.2, 0.25) is 0 Å². The van der Waals surface area contributed by atoms with E-state index in [0.29, 0.717) is 30.0 Å². The lowest BCUT2D eigenvalue weighted by Crippen LogP contribution is -2.30. The number of nitrogens with one attached hydrogen (secondary N) is 2. The Bertz CT molecular complexity index is 695. The van der Waals surface area contributed by atoms with E-state index in [0.717, 1.165) is 25.5 Å². The van der Waals surface area contributed by atoms with Crippen LogP contribution >= 0.6 is 0 Å². The largest absolute Gasteiger partial charge is 0.336 e. The third kappa shape index (κ3) is 2.81. The maximum Gasteiger partial charge on any atom is 0.330 e. The predicted octanol–water partition coefficient (Wildman–Crippen LogP) is 0.481. The molecular weight excluding hydrogens is 248 g/mol. The highest BCUT2D eigenvalue weighted by Gasteiger charge is 2.10. The number of rotatable bonds is 6. The van der Waals surface area contributed by atoms with Gasteiger partial charge < -0.3 is 9.78 Å². The van der Waals surface area contributed by atoms with Gasteiger partial charge in [-0.15, -0.1) is 0 Å². The number of carbonyl (C=O) groups excluding carboxylic acids is 1. The van der Waals surface area contributed by atoms with E-state index in [4.69, 9.17) is 0 Å². The SMILES string of the molecule is Cc1nc2c([nH]1)c(=O)[nH]c(=O)n2CCCCCC=O. The molecule has 0 unspecified atom stereocenters. The molecule has 0 aromatic carbocycles. The number of carbonyl (C=O) groups is 1. The quantitative estimate of drug-likeness (QED) is 0.585. The van der Waals surface area contributed by atoms with E-state index in [1.807, 2.05) is 0 Å². The van der Waals surface area contributed by atoms with E-state index in [1.165, 1.54) is 4.57 Å². The van der Waals surface area contributed by atoms with Crippen LogP contribution in [0.4, 0.5) is 0 Å². The Morgan fingerprint density at radius 1 is 1.21 bits per heavy atom. The minimum Gasteiger partial charge on any atom is -0.336 e. The summed E-state index contributed by atoms with van der Waals surface area (Å²) in [5.41, 5.74) is -0.177. The van der Waals surface area contributed by atoms with Gasteiger partial charge >= 0.3 is 5.69 Å². The second-order valence-electron chi connectivity index (χ2n) is 4.45. The lowest BCUT2D eigenvalue weighted by Gasteiger charge is -2.05. The van der Waals surface area contributed by atoms with E-state index in [1.54, 1.807) is 6.92 Å². The maximum atomic E-state index is 11.8. The first-order valence-electron chi connectivity index (χ1n) is 6.26. The number of hydrogen-bond acceptors (Lipinski definition) is 4. The molecule has 2 heterocycles. The van der Waals surface area contributed by atoms with Gasteiger partial charge in [-0.05, 0) is 19.8 Å². The highest BCUT2D eigenvalue weighted by atomic mass is 16.2. The smallest absolute Gasteiger partial charge is 0.330 e. The number of aromatic nitrogens is 4. The Morgan fingerprint density at radius 2 is 2.00 bits per heavy atom. The zero-order valence-corrected chi connectivity index (χ0v) is 10.7. The molecular formula is C12H16N4O3. The van der Waals surface area contributed by atoms with Crippen molar-refractivity contribution >= 4 is 17.5 Å². The van der Waals surface area contributed by atoms with Gasteiger partial charge in [0.25, 0.3) is 5.56 Å². The fraction of sp³-hybridized carbons (Fsp3) is 0.500. The number of H-pyrrole nitrogens is 2. The van der Waals surface area contributed by atoms with E-state index >= 15 is 0 Å². The molecule has 2 aromatic heterocycles. The zero-order chi connectivity index (χ0) is 13.8. The van der Waals surface area contributed by atoms with E-state index in [9.17, 15) is 14.4 Å². The molecule has 0 saturated heterocycles. The molecule has 2 rings (SSSR count). The van der Waals surface area contributed by atoms with Crippen LogP contribution in [0.25, 0.3) is 11.2 Å². The second-order valence-corrected chi connectivity index (χ2v) is 4.45. The lowest BCUT2D eigenvalue weighted by molar-refractivity contribution is -0.107. The average molecular weight is 264 g/mol. The van der Waals surface area contributed by atoms with Gasteiger partial charge in [-0.2, -0.15) is 0 Å². The van der Waals surface area contributed by atoms with Crippen LogP contribution in [0.15, 0.2) is 9.59 Å². The van der Waals surface area contributed by atoms with Gasteiger partial charge in [0, 0.05) is 13.0 Å². The highest BCUT2D eigenvalue weighted by Crippen LogP contribution is 2.06. The molecule has 0 atom stereocenters. The summed E-state index contributed by atoms with van der Waals surface area (Å²) in [5, 5.41) is 0. The Kier molecular flexibility index (Phi) is 3.94. The molecule has 102 valence electrons. The number of fused-ring (bicyclic) bond motifs is 1. The van der Waals surface area contributed by atoms with Crippen molar-refractivity contribution in [1.82, 2.24) is 19.5 Å². The van der Waals surface area contributed by atoms with Crippen LogP contribution in [-0.2, 0) is 11.3 Å². The Hall–Kier alpha value is -2.18. The third-order valence-corrected chi connectivity index (χ3v) is 2.96. The topological polar surface area (TPSA) is 101 Å². The van der Waals surface area contributed by atoms with Crippen molar-refractivity contribution in [1.29, 1.82) is 0 Å². The molecule has 19 heavy (non-hydrogen) atoms. The van der Waals surface area contributed by atoms with Crippen LogP contribution in [-0.4, -0.2) is 25.8 Å². The number of aromatic amines is 2. The summed E-state index contributed by atoms with van der Waals surface area (Å²) in [5.74, 6) is 0.598. The first-order valence-corrected chi connectivity index (χ1v) is 6.26. The second kappa shape index (κ2) is 5.64. The molecule has 0 saturated carbocycles. The molecule has 0 aliphatic rings. The van der Waals surface area contributed by atoms with Gasteiger partial charge in [-0.1, -0.05) is 6.42 Å². The van der Waals surface area contributed by atoms with Crippen LogP contribution in [0.5, 0.6) is 0 Å². The first kappa shape index (κ1) is 13.3. The monoisotopic (exact) mass is 264 g/mol. The fourth-order valence-electron chi connectivity index (χ4n) is 2.04. The molecule has 7 heteroatoms. The van der Waals surface area contributed by atoms with Gasteiger partial charge in [-0.3, -0.25) is 14.3 Å². The molecule has 0 fully saturated rings. The van der Waals surface area contributed by atoms with E-state index in [-0.39, 0.29) is 0 Å². The fourth-order valence-corrected chi connectivity index (χ4v) is 2.04. The van der Waals surface area contributed by atoms with Gasteiger partial charge in [0.1, 0.15) is 17.6 Å². The summed E-state index contributed by atoms with van der Waals surface area (Å²) in [4.78, 5) is 42.9. The minimum absolute atomic E-state index is 0.324. The summed E-state index contributed by atoms with van der Waals surface area (Å²) in [7, 11) is 0. The van der Waals surface area contributed by atoms with Crippen molar-refractivity contribution in [2.75, 3.05) is 0 Å². The third-order valence-electron chi connectivity index (χ3n) is 2.96. The molecule has 0 bridgehead atoms. The molecule has 0 radical (unpaired) electrons. The van der Waals surface area contributed by atoms with Crippen LogP contribution in [0, 0.1) is 6.92 Å². The molecule has 0 amide bonds. The van der Waals surface area contributed by atoms with Gasteiger partial charge in [0.15, 0.2) is 5.65 Å². The Balaban J connectivity index is 2.24. The number of nitrogens with zero attached hydrogens (tertiary/aromatic N) is 2. The normalized spacial score (nSPS) is 11.0. The number of aryl methyl sites for hydroxylation is 2. The van der Waals surface area contributed by atoms with Gasteiger partial charge in [0.05, 0.1) is 0 Å². The van der Waals surface area contributed by atoms with Crippen molar-refractivity contribution in [3.05, 3.63) is 26.7 Å². The molecule has 2 N–H and O–H groups in total. The Labute approximate surface area is 108 Å². The first-order chi connectivity index (χ1) is 9.13. The van der Waals surface area contributed by atoms with Crippen LogP contribution in [0.3, 0.4) is 0 Å². The maximum absolute atomic E-state index is 11.8. The van der Waals surface area contributed by atoms with Gasteiger partial charge in [0.2, 0.25) is 0 Å². The Morgan fingerprint density at radius 3 is 2.74 bits per heavy atom. The van der Waals surface area contributed by atoms with Crippen molar-refractivity contribution < 1.29 is 4.79 Å². The summed E-state index contributed by atoms with van der Waals surface area (Å²) in [6.45, 7) is 2.22. The molecule has 7 nitrogen and oxygen atoms in total.